The molecule has 3 heterocycles. The summed E-state index contributed by atoms with van der Waals surface area (Å²) in [6.07, 6.45) is 12.0. The van der Waals surface area contributed by atoms with Crippen molar-refractivity contribution in [1.82, 2.24) is 10.4 Å². The molecule has 3 aliphatic rings. The summed E-state index contributed by atoms with van der Waals surface area (Å²) in [6, 6.07) is 7.84. The molecule has 0 aliphatic carbocycles. The van der Waals surface area contributed by atoms with E-state index in [2.05, 4.69) is 5.32 Å². The molecule has 0 bridgehead atoms. The van der Waals surface area contributed by atoms with Gasteiger partial charge in [0.2, 0.25) is 5.69 Å². The van der Waals surface area contributed by atoms with E-state index >= 15 is 0 Å². The zero-order chi connectivity index (χ0) is 53.5. The fourth-order valence-corrected chi connectivity index (χ4v) is 10.9. The number of amides is 3. The first-order valence-electron chi connectivity index (χ1n) is 23.0. The minimum atomic E-state index is -4.85. The van der Waals surface area contributed by atoms with E-state index in [9.17, 15) is 71.1 Å². The molecule has 2 aromatic rings. The standard InChI is InChI=1S/C47H60N4O17S4.3Na/c1-46(2)36-31-34(71(62,63)64)20-22-38(36)49(27-9-11-29-69(56,57)58)40(46)17-13-15-33(45(55)48-26-8-6-5-7-19-44(54)68-51-42(52)24-25-43(51)53)16-14-18-41-47(3,4)37-32-35(72(65,66)67)21-23-39(37)50(41)28-10-12-30-70(59,60)61;;;/h13-18,20-23,31-32H,5-12,19,24-30H2,1-4H3,(H4-,48,55,56,57,58,59,60,61,62,63,64,65,66,67);;;/q;3*+1/p-3. The normalized spacial score (nSPS) is 17.0. The summed E-state index contributed by atoms with van der Waals surface area (Å²) in [6.45, 7) is 7.76. The molecule has 0 atom stereocenters. The van der Waals surface area contributed by atoms with Crippen molar-refractivity contribution in [1.29, 1.82) is 0 Å². The van der Waals surface area contributed by atoms with Crippen LogP contribution in [-0.4, -0.2) is 122 Å². The number of nitrogens with zero attached hydrogens (tertiary/aromatic N) is 3. The van der Waals surface area contributed by atoms with Crippen LogP contribution in [0.5, 0.6) is 0 Å². The molecular weight excluding hydrogens is 1090 g/mol. The van der Waals surface area contributed by atoms with Gasteiger partial charge in [0.05, 0.1) is 35.4 Å². The molecule has 3 aliphatic heterocycles. The fourth-order valence-electron chi connectivity index (χ4n) is 8.75. The van der Waals surface area contributed by atoms with Crippen LogP contribution < -0.4 is 98.9 Å². The van der Waals surface area contributed by atoms with Gasteiger partial charge in [-0.25, -0.2) is 38.5 Å². The number of rotatable bonds is 25. The van der Waals surface area contributed by atoms with Crippen LogP contribution >= 0.6 is 0 Å². The third kappa shape index (κ3) is 19.1. The van der Waals surface area contributed by atoms with E-state index in [1.54, 1.807) is 52.0 Å². The largest absolute Gasteiger partial charge is 1.00 e. The number of fused-ring (bicyclic) bond motifs is 2. The summed E-state index contributed by atoms with van der Waals surface area (Å²) in [7, 11) is -18.7. The van der Waals surface area contributed by atoms with Gasteiger partial charge in [-0.1, -0.05) is 38.8 Å². The Morgan fingerprint density at radius 3 is 1.85 bits per heavy atom. The van der Waals surface area contributed by atoms with Gasteiger partial charge in [-0.3, -0.25) is 14.4 Å². The van der Waals surface area contributed by atoms with Crippen LogP contribution in [0, 0.1) is 0 Å². The Morgan fingerprint density at radius 1 is 0.707 bits per heavy atom. The second-order valence-electron chi connectivity index (χ2n) is 18.5. The molecule has 28 heteroatoms. The van der Waals surface area contributed by atoms with Gasteiger partial charge in [0.1, 0.15) is 26.8 Å². The number of anilines is 1. The number of nitrogens with one attached hydrogen (secondary N) is 1. The van der Waals surface area contributed by atoms with Crippen LogP contribution in [-0.2, 0) is 75.3 Å². The molecule has 75 heavy (non-hydrogen) atoms. The molecule has 0 radical (unpaired) electrons. The van der Waals surface area contributed by atoms with E-state index in [1.165, 1.54) is 48.6 Å². The number of benzene rings is 2. The molecule has 0 aromatic heterocycles. The predicted molar refractivity (Wildman–Crippen MR) is 257 cm³/mol. The van der Waals surface area contributed by atoms with E-state index in [4.69, 9.17) is 4.84 Å². The van der Waals surface area contributed by atoms with E-state index < -0.39 is 96.3 Å². The average Bonchev–Trinajstić information content (AvgIpc) is 3.78. The van der Waals surface area contributed by atoms with Crippen molar-refractivity contribution < 1.29 is 169 Å². The number of hydroxylamine groups is 2. The van der Waals surface area contributed by atoms with Crippen molar-refractivity contribution >= 4 is 81.2 Å². The summed E-state index contributed by atoms with van der Waals surface area (Å²) in [5, 5.41) is 3.36. The van der Waals surface area contributed by atoms with Gasteiger partial charge >= 0.3 is 94.6 Å². The fraction of sp³-hybridized carbons (Fsp3) is 0.468. The molecule has 0 spiro atoms. The first-order chi connectivity index (χ1) is 33.4. The number of hydrogen-bond acceptors (Lipinski definition) is 18. The summed E-state index contributed by atoms with van der Waals surface area (Å²) >= 11 is 0. The first kappa shape index (κ1) is 68.7. The Kier molecular flexibility index (Phi) is 26.2. The molecule has 394 valence electrons. The van der Waals surface area contributed by atoms with E-state index in [1.807, 2.05) is 9.48 Å². The van der Waals surface area contributed by atoms with E-state index in [-0.39, 0.29) is 159 Å². The molecule has 5 rings (SSSR count). The minimum absolute atomic E-state index is 0. The zero-order valence-corrected chi connectivity index (χ0v) is 52.4. The van der Waals surface area contributed by atoms with Gasteiger partial charge in [0, 0.05) is 90.4 Å². The van der Waals surface area contributed by atoms with Gasteiger partial charge in [0.25, 0.3) is 17.7 Å². The van der Waals surface area contributed by atoms with E-state index in [0.29, 0.717) is 64.7 Å². The van der Waals surface area contributed by atoms with E-state index in [0.717, 1.165) is 0 Å². The topological polar surface area (TPSA) is 328 Å². The van der Waals surface area contributed by atoms with Crippen LogP contribution in [0.15, 0.2) is 93.9 Å². The smallest absolute Gasteiger partial charge is 0.748 e. The number of hydrogen-bond donors (Lipinski definition) is 1. The van der Waals surface area contributed by atoms with Crippen LogP contribution in [0.3, 0.4) is 0 Å². The zero-order valence-electron chi connectivity index (χ0n) is 43.2. The monoisotopic (exact) mass is 1150 g/mol. The van der Waals surface area contributed by atoms with Gasteiger partial charge in [0.15, 0.2) is 5.71 Å². The Labute approximate surface area is 505 Å². The number of allylic oxidation sites excluding steroid dienone is 6. The number of carbonyl (C=O) groups is 4. The second-order valence-corrected chi connectivity index (χ2v) is 24.3. The number of unbranched alkanes of at least 4 members (excludes halogenated alkanes) is 5. The maximum atomic E-state index is 14.0. The Bertz CT molecular complexity index is 3080. The molecule has 3 amide bonds. The van der Waals surface area contributed by atoms with Crippen molar-refractivity contribution in [3.05, 3.63) is 95.3 Å². The van der Waals surface area contributed by atoms with Crippen LogP contribution in [0.2, 0.25) is 0 Å². The molecule has 2 aromatic carbocycles. The Morgan fingerprint density at radius 2 is 1.27 bits per heavy atom. The number of carbonyl (C=O) groups excluding carboxylic acids is 4. The summed E-state index contributed by atoms with van der Waals surface area (Å²) in [4.78, 5) is 55.5. The Hall–Kier alpha value is -2.41. The van der Waals surface area contributed by atoms with Crippen molar-refractivity contribution in [2.24, 2.45) is 0 Å². The maximum absolute atomic E-state index is 14.0. The second kappa shape index (κ2) is 28.6. The molecule has 1 fully saturated rings. The van der Waals surface area contributed by atoms with Crippen LogP contribution in [0.25, 0.3) is 0 Å². The molecule has 0 unspecified atom stereocenters. The third-order valence-electron chi connectivity index (χ3n) is 12.5. The maximum Gasteiger partial charge on any atom is 1.00 e. The average molecular weight is 1150 g/mol. The molecule has 21 nitrogen and oxygen atoms in total. The van der Waals surface area contributed by atoms with Crippen LogP contribution in [0.1, 0.15) is 109 Å². The van der Waals surface area contributed by atoms with Crippen LogP contribution in [0.4, 0.5) is 11.4 Å². The molecule has 1 N–H and O–H groups in total. The SMILES string of the molecule is CC1(C)C(/C=C/C=C(/C=C/C=C2/N(CCCCS(=O)(=O)[O-])c3ccc(S(=O)(=O)[O-])cc3C2(C)C)C(=O)NCCCCCCC(=O)ON2C(=O)CCC2=O)=[N+](CCCCS(=O)(=O)[O-])c2ccc(S(=O)(=O)[O-])cc21.[Na+].[Na+].[Na+]. The summed E-state index contributed by atoms with van der Waals surface area (Å²) in [5.74, 6) is -3.61. The first-order valence-corrected chi connectivity index (χ1v) is 29.0. The van der Waals surface area contributed by atoms with Crippen molar-refractivity contribution in [3.63, 3.8) is 0 Å². The third-order valence-corrected chi connectivity index (χ3v) is 15.7. The summed E-state index contributed by atoms with van der Waals surface area (Å²) in [5.41, 5.74) is 1.45. The quantitative estimate of drug-likeness (QED) is 0.0185. The molecule has 1 saturated heterocycles. The summed E-state index contributed by atoms with van der Waals surface area (Å²) < 4.78 is 142. The van der Waals surface area contributed by atoms with Crippen molar-refractivity contribution in [3.8, 4) is 0 Å². The van der Waals surface area contributed by atoms with Crippen molar-refractivity contribution in [2.75, 3.05) is 36.0 Å². The van der Waals surface area contributed by atoms with Gasteiger partial charge in [-0.05, 0) is 100 Å². The number of imide groups is 1. The predicted octanol–water partition coefficient (Wildman–Crippen LogP) is -5.07. The van der Waals surface area contributed by atoms with Crippen molar-refractivity contribution in [2.45, 2.75) is 119 Å². The molecule has 0 saturated carbocycles. The van der Waals surface area contributed by atoms with Gasteiger partial charge in [-0.15, -0.1) is 5.06 Å². The van der Waals surface area contributed by atoms with Gasteiger partial charge in [-0.2, -0.15) is 4.58 Å². The van der Waals surface area contributed by atoms with Gasteiger partial charge < -0.3 is 33.3 Å². The molecular formula is C47H57N4Na3O17S4. The Balaban J connectivity index is 0.00000642. The minimum Gasteiger partial charge on any atom is -0.748 e.